The molecule has 0 saturated carbocycles. The summed E-state index contributed by atoms with van der Waals surface area (Å²) in [5.74, 6) is 0.0153. The summed E-state index contributed by atoms with van der Waals surface area (Å²) in [6.45, 7) is 7.58. The molecule has 0 spiro atoms. The van der Waals surface area contributed by atoms with E-state index in [0.29, 0.717) is 11.3 Å². The Balaban J connectivity index is 3.11. The highest BCUT2D eigenvalue weighted by atomic mass is 16.1. The van der Waals surface area contributed by atoms with Gasteiger partial charge in [0.05, 0.1) is 0 Å². The van der Waals surface area contributed by atoms with E-state index in [0.717, 1.165) is 18.8 Å². The molecule has 0 aromatic heterocycles. The second-order valence-corrected chi connectivity index (χ2v) is 3.50. The van der Waals surface area contributed by atoms with Gasteiger partial charge in [0.15, 0.2) is 5.78 Å². The van der Waals surface area contributed by atoms with Crippen molar-refractivity contribution < 1.29 is 4.79 Å². The zero-order valence-corrected chi connectivity index (χ0v) is 9.58. The molecule has 2 N–H and O–H groups in total. The fourth-order valence-corrected chi connectivity index (χ4v) is 1.63. The molecule has 0 bridgehead atoms. The quantitative estimate of drug-likeness (QED) is 0.607. The molecule has 0 aliphatic rings. The van der Waals surface area contributed by atoms with E-state index >= 15 is 0 Å². The summed E-state index contributed by atoms with van der Waals surface area (Å²) >= 11 is 0. The molecule has 15 heavy (non-hydrogen) atoms. The number of Topliss-reactive ketones (excluding diaryl/α,β-unsaturated/α-hetero) is 1. The van der Waals surface area contributed by atoms with Crippen LogP contribution in [0, 0.1) is 0 Å². The Morgan fingerprint density at radius 1 is 1.33 bits per heavy atom. The smallest absolute Gasteiger partial charge is 0.161 e. The Morgan fingerprint density at radius 2 is 1.93 bits per heavy atom. The first-order chi connectivity index (χ1) is 7.10. The highest BCUT2D eigenvalue weighted by molar-refractivity contribution is 6.00. The Hall–Kier alpha value is -1.51. The molecule has 0 saturated heterocycles. The first-order valence-electron chi connectivity index (χ1n) is 5.25. The molecule has 82 valence electrons. The van der Waals surface area contributed by atoms with Gasteiger partial charge in [-0.05, 0) is 39.0 Å². The molecule has 0 amide bonds. The zero-order valence-electron chi connectivity index (χ0n) is 9.58. The molecule has 1 aromatic carbocycles. The molecule has 3 heteroatoms. The number of benzene rings is 1. The number of hydrogen-bond donors (Lipinski definition) is 1. The summed E-state index contributed by atoms with van der Waals surface area (Å²) < 4.78 is 0. The van der Waals surface area contributed by atoms with E-state index in [2.05, 4.69) is 18.7 Å². The Kier molecular flexibility index (Phi) is 3.72. The van der Waals surface area contributed by atoms with Gasteiger partial charge < -0.3 is 10.6 Å². The number of carbonyl (C=O) groups is 1. The SMILES string of the molecule is CCN(CC)c1ccc(N)c(C(C)=O)c1. The molecule has 0 atom stereocenters. The average molecular weight is 206 g/mol. The predicted molar refractivity (Wildman–Crippen MR) is 64.4 cm³/mol. The van der Waals surface area contributed by atoms with E-state index in [1.54, 1.807) is 6.07 Å². The first-order valence-corrected chi connectivity index (χ1v) is 5.25. The van der Waals surface area contributed by atoms with Crippen molar-refractivity contribution in [2.24, 2.45) is 0 Å². The molecule has 0 aliphatic heterocycles. The van der Waals surface area contributed by atoms with Gasteiger partial charge in [-0.25, -0.2) is 0 Å². The van der Waals surface area contributed by atoms with Crippen LogP contribution in [-0.4, -0.2) is 18.9 Å². The molecule has 0 aliphatic carbocycles. The van der Waals surface area contributed by atoms with Crippen LogP contribution in [0.15, 0.2) is 18.2 Å². The maximum atomic E-state index is 11.3. The number of nitrogens with zero attached hydrogens (tertiary/aromatic N) is 1. The third-order valence-electron chi connectivity index (χ3n) is 2.54. The number of anilines is 2. The minimum Gasteiger partial charge on any atom is -0.398 e. The summed E-state index contributed by atoms with van der Waals surface area (Å²) in [6.07, 6.45) is 0. The van der Waals surface area contributed by atoms with Crippen molar-refractivity contribution in [3.63, 3.8) is 0 Å². The number of nitrogens with two attached hydrogens (primary N) is 1. The molecular formula is C12H18N2O. The minimum atomic E-state index is 0.0153. The summed E-state index contributed by atoms with van der Waals surface area (Å²) in [5, 5.41) is 0. The number of nitrogen functional groups attached to an aromatic ring is 1. The van der Waals surface area contributed by atoms with Gasteiger partial charge in [-0.3, -0.25) is 4.79 Å². The van der Waals surface area contributed by atoms with E-state index in [1.165, 1.54) is 6.92 Å². The van der Waals surface area contributed by atoms with Crippen LogP contribution in [0.3, 0.4) is 0 Å². The second kappa shape index (κ2) is 4.82. The standard InChI is InChI=1S/C12H18N2O/c1-4-14(5-2)10-6-7-12(13)11(8-10)9(3)15/h6-8H,4-5,13H2,1-3H3. The van der Waals surface area contributed by atoms with Crippen LogP contribution >= 0.6 is 0 Å². The first kappa shape index (κ1) is 11.6. The molecule has 0 fully saturated rings. The third kappa shape index (κ3) is 2.49. The van der Waals surface area contributed by atoms with Gasteiger partial charge in [-0.2, -0.15) is 0 Å². The summed E-state index contributed by atoms with van der Waals surface area (Å²) in [5.41, 5.74) is 7.95. The summed E-state index contributed by atoms with van der Waals surface area (Å²) in [7, 11) is 0. The van der Waals surface area contributed by atoms with Crippen molar-refractivity contribution >= 4 is 17.2 Å². The van der Waals surface area contributed by atoms with Crippen LogP contribution in [0.2, 0.25) is 0 Å². The van der Waals surface area contributed by atoms with Crippen LogP contribution in [0.4, 0.5) is 11.4 Å². The Morgan fingerprint density at radius 3 is 2.40 bits per heavy atom. The molecule has 0 heterocycles. The van der Waals surface area contributed by atoms with Gasteiger partial charge >= 0.3 is 0 Å². The Bertz CT molecular complexity index is 357. The fraction of sp³-hybridized carbons (Fsp3) is 0.417. The number of ketones is 1. The normalized spacial score (nSPS) is 10.1. The van der Waals surface area contributed by atoms with Crippen LogP contribution in [-0.2, 0) is 0 Å². The predicted octanol–water partition coefficient (Wildman–Crippen LogP) is 2.32. The van der Waals surface area contributed by atoms with Crippen LogP contribution in [0.5, 0.6) is 0 Å². The van der Waals surface area contributed by atoms with E-state index in [9.17, 15) is 4.79 Å². The zero-order chi connectivity index (χ0) is 11.4. The molecule has 1 aromatic rings. The number of rotatable bonds is 4. The molecule has 1 rings (SSSR count). The van der Waals surface area contributed by atoms with Crippen LogP contribution in [0.1, 0.15) is 31.1 Å². The van der Waals surface area contributed by atoms with Crippen molar-refractivity contribution in [1.82, 2.24) is 0 Å². The van der Waals surface area contributed by atoms with E-state index < -0.39 is 0 Å². The van der Waals surface area contributed by atoms with Gasteiger partial charge in [0.1, 0.15) is 0 Å². The molecule has 0 unspecified atom stereocenters. The highest BCUT2D eigenvalue weighted by Crippen LogP contribution is 2.21. The van der Waals surface area contributed by atoms with E-state index in [4.69, 9.17) is 5.73 Å². The largest absolute Gasteiger partial charge is 0.398 e. The van der Waals surface area contributed by atoms with Crippen LogP contribution in [0.25, 0.3) is 0 Å². The maximum absolute atomic E-state index is 11.3. The third-order valence-corrected chi connectivity index (χ3v) is 2.54. The lowest BCUT2D eigenvalue weighted by atomic mass is 10.1. The van der Waals surface area contributed by atoms with Gasteiger partial charge in [-0.1, -0.05) is 0 Å². The topological polar surface area (TPSA) is 46.3 Å². The van der Waals surface area contributed by atoms with Crippen molar-refractivity contribution in [2.45, 2.75) is 20.8 Å². The van der Waals surface area contributed by atoms with Crippen molar-refractivity contribution in [3.8, 4) is 0 Å². The average Bonchev–Trinajstić information content (AvgIpc) is 2.21. The summed E-state index contributed by atoms with van der Waals surface area (Å²) in [6, 6.07) is 5.61. The molecule has 3 nitrogen and oxygen atoms in total. The fourth-order valence-electron chi connectivity index (χ4n) is 1.63. The number of hydrogen-bond acceptors (Lipinski definition) is 3. The highest BCUT2D eigenvalue weighted by Gasteiger charge is 2.08. The number of carbonyl (C=O) groups excluding carboxylic acids is 1. The molecule has 0 radical (unpaired) electrons. The van der Waals surface area contributed by atoms with Gasteiger partial charge in [0.25, 0.3) is 0 Å². The monoisotopic (exact) mass is 206 g/mol. The lowest BCUT2D eigenvalue weighted by molar-refractivity contribution is 0.101. The van der Waals surface area contributed by atoms with E-state index in [-0.39, 0.29) is 5.78 Å². The van der Waals surface area contributed by atoms with Crippen molar-refractivity contribution in [3.05, 3.63) is 23.8 Å². The second-order valence-electron chi connectivity index (χ2n) is 3.50. The van der Waals surface area contributed by atoms with Gasteiger partial charge in [0.2, 0.25) is 0 Å². The van der Waals surface area contributed by atoms with Crippen molar-refractivity contribution in [1.29, 1.82) is 0 Å². The Labute approximate surface area is 90.9 Å². The lowest BCUT2D eigenvalue weighted by Gasteiger charge is -2.21. The van der Waals surface area contributed by atoms with Gasteiger partial charge in [0, 0.05) is 30.0 Å². The lowest BCUT2D eigenvalue weighted by Crippen LogP contribution is -2.22. The van der Waals surface area contributed by atoms with Gasteiger partial charge in [-0.15, -0.1) is 0 Å². The minimum absolute atomic E-state index is 0.0153. The summed E-state index contributed by atoms with van der Waals surface area (Å²) in [4.78, 5) is 13.5. The van der Waals surface area contributed by atoms with Crippen LogP contribution < -0.4 is 10.6 Å². The van der Waals surface area contributed by atoms with Crippen molar-refractivity contribution in [2.75, 3.05) is 23.7 Å². The maximum Gasteiger partial charge on any atom is 0.161 e. The van der Waals surface area contributed by atoms with E-state index in [1.807, 2.05) is 12.1 Å². The molecular weight excluding hydrogens is 188 g/mol.